The highest BCUT2D eigenvalue weighted by molar-refractivity contribution is 6.76. The number of rotatable bonds is 8. The van der Waals surface area contributed by atoms with Crippen molar-refractivity contribution in [2.75, 3.05) is 24.6 Å². The van der Waals surface area contributed by atoms with Crippen LogP contribution in [0.25, 0.3) is 33.1 Å². The molecule has 1 aliphatic heterocycles. The van der Waals surface area contributed by atoms with E-state index >= 15 is 0 Å². The highest BCUT2D eigenvalue weighted by Crippen LogP contribution is 2.38. The van der Waals surface area contributed by atoms with Crippen molar-refractivity contribution in [1.82, 2.24) is 29.2 Å². The Kier molecular flexibility index (Phi) is 8.40. The van der Waals surface area contributed by atoms with Gasteiger partial charge in [0.05, 0.1) is 21.5 Å². The maximum Gasteiger partial charge on any atom is 0.408 e. The zero-order valence-electron chi connectivity index (χ0n) is 27.2. The fourth-order valence-electron chi connectivity index (χ4n) is 5.60. The van der Waals surface area contributed by atoms with E-state index in [0.29, 0.717) is 53.7 Å². The Labute approximate surface area is 264 Å². The van der Waals surface area contributed by atoms with Crippen molar-refractivity contribution in [3.63, 3.8) is 0 Å². The quantitative estimate of drug-likeness (QED) is 0.193. The molecule has 0 saturated carbocycles. The van der Waals surface area contributed by atoms with Crippen LogP contribution in [-0.2, 0) is 30.3 Å². The molecule has 238 valence electrons. The summed E-state index contributed by atoms with van der Waals surface area (Å²) in [5.74, 6) is 0.527. The number of anilines is 1. The maximum absolute atomic E-state index is 14.1. The molecule has 1 amide bonds. The summed E-state index contributed by atoms with van der Waals surface area (Å²) in [5, 5.41) is 9.32. The van der Waals surface area contributed by atoms with E-state index < -0.39 is 25.3 Å². The first-order valence-corrected chi connectivity index (χ1v) is 19.1. The minimum atomic E-state index is -1.28. The Hall–Kier alpha value is -3.35. The third kappa shape index (κ3) is 6.67. The molecule has 4 heterocycles. The number of carbonyl (C=O) groups excluding carboxylic acids is 1. The minimum absolute atomic E-state index is 0.183. The molecule has 1 aromatic carbocycles. The second kappa shape index (κ2) is 11.5. The van der Waals surface area contributed by atoms with Crippen LogP contribution in [0.4, 0.5) is 10.7 Å². The summed E-state index contributed by atoms with van der Waals surface area (Å²) in [6, 6.07) is 4.85. The van der Waals surface area contributed by atoms with Gasteiger partial charge in [-0.25, -0.2) is 4.79 Å². The molecule has 1 aliphatic rings. The van der Waals surface area contributed by atoms with E-state index in [1.54, 1.807) is 16.3 Å². The number of aryl methyl sites for hydroxylation is 1. The van der Waals surface area contributed by atoms with Crippen LogP contribution in [0.1, 0.15) is 34.1 Å². The van der Waals surface area contributed by atoms with Gasteiger partial charge in [0.15, 0.2) is 5.65 Å². The number of benzene rings is 1. The molecule has 0 radical (unpaired) electrons. The molecular weight excluding hydrogens is 598 g/mol. The SMILES string of the molecule is Cn1cc2c(Cl)c(-c3cn(COCC[Si](C)(C)C)c4nc(N5CC[C@@](C)(NC(=O)OC(C)(C)C)C5)n(C)c(=O)c34)ccc2n1. The maximum atomic E-state index is 14.1. The van der Waals surface area contributed by atoms with E-state index in [0.717, 1.165) is 22.5 Å². The van der Waals surface area contributed by atoms with Crippen molar-refractivity contribution in [1.29, 1.82) is 0 Å². The van der Waals surface area contributed by atoms with E-state index in [1.807, 2.05) is 68.7 Å². The van der Waals surface area contributed by atoms with Crippen LogP contribution in [0.2, 0.25) is 30.7 Å². The van der Waals surface area contributed by atoms with Gasteiger partial charge in [-0.15, -0.1) is 0 Å². The molecule has 0 aliphatic carbocycles. The van der Waals surface area contributed by atoms with Gasteiger partial charge in [0.25, 0.3) is 5.56 Å². The molecule has 0 bridgehead atoms. The monoisotopic (exact) mass is 641 g/mol. The summed E-state index contributed by atoms with van der Waals surface area (Å²) in [6.45, 7) is 16.4. The molecule has 3 aromatic heterocycles. The molecule has 1 N–H and O–H groups in total. The lowest BCUT2D eigenvalue weighted by molar-refractivity contribution is 0.0473. The van der Waals surface area contributed by atoms with Gasteiger partial charge in [-0.1, -0.05) is 37.3 Å². The number of hydrogen-bond donors (Lipinski definition) is 1. The van der Waals surface area contributed by atoms with Crippen LogP contribution in [-0.4, -0.2) is 68.9 Å². The van der Waals surface area contributed by atoms with Crippen LogP contribution >= 0.6 is 11.6 Å². The normalized spacial score (nSPS) is 17.6. The zero-order chi connectivity index (χ0) is 32.2. The van der Waals surface area contributed by atoms with E-state index in [-0.39, 0.29) is 12.3 Å². The third-order valence-corrected chi connectivity index (χ3v) is 10.00. The lowest BCUT2D eigenvalue weighted by atomic mass is 10.0. The summed E-state index contributed by atoms with van der Waals surface area (Å²) >= 11 is 6.94. The van der Waals surface area contributed by atoms with E-state index in [1.165, 1.54) is 0 Å². The fourth-order valence-corrected chi connectivity index (χ4v) is 6.67. The van der Waals surface area contributed by atoms with Gasteiger partial charge in [0.2, 0.25) is 5.95 Å². The Balaban J connectivity index is 1.55. The Bertz CT molecular complexity index is 1780. The van der Waals surface area contributed by atoms with Crippen LogP contribution in [0.5, 0.6) is 0 Å². The summed E-state index contributed by atoms with van der Waals surface area (Å²) in [4.78, 5) is 33.8. The number of nitrogens with zero attached hydrogens (tertiary/aromatic N) is 6. The highest BCUT2D eigenvalue weighted by Gasteiger charge is 2.38. The van der Waals surface area contributed by atoms with E-state index in [4.69, 9.17) is 26.1 Å². The van der Waals surface area contributed by atoms with Crippen LogP contribution < -0.4 is 15.8 Å². The average Bonchev–Trinajstić information content (AvgIpc) is 3.57. The van der Waals surface area contributed by atoms with Gasteiger partial charge in [-0.05, 0) is 46.2 Å². The first-order chi connectivity index (χ1) is 20.4. The lowest BCUT2D eigenvalue weighted by Gasteiger charge is -2.29. The van der Waals surface area contributed by atoms with Crippen molar-refractivity contribution in [2.45, 2.75) is 77.7 Å². The first-order valence-electron chi connectivity index (χ1n) is 15.0. The van der Waals surface area contributed by atoms with Crippen molar-refractivity contribution >= 4 is 53.7 Å². The van der Waals surface area contributed by atoms with Gasteiger partial charge in [0.1, 0.15) is 12.3 Å². The van der Waals surface area contributed by atoms with Crippen LogP contribution in [0.15, 0.2) is 29.3 Å². The number of carbonyl (C=O) groups is 1. The number of aromatic nitrogens is 5. The van der Waals surface area contributed by atoms with Gasteiger partial charge in [0, 0.05) is 70.8 Å². The number of nitrogens with one attached hydrogen (secondary N) is 1. The molecule has 1 fully saturated rings. The molecule has 0 spiro atoms. The predicted octanol–water partition coefficient (Wildman–Crippen LogP) is 5.75. The molecule has 5 rings (SSSR count). The van der Waals surface area contributed by atoms with Crippen molar-refractivity contribution in [3.8, 4) is 11.1 Å². The largest absolute Gasteiger partial charge is 0.444 e. The Morgan fingerprint density at radius 2 is 1.89 bits per heavy atom. The highest BCUT2D eigenvalue weighted by atomic mass is 35.5. The van der Waals surface area contributed by atoms with Crippen LogP contribution in [0, 0.1) is 0 Å². The topological polar surface area (TPSA) is 108 Å². The molecule has 13 heteroatoms. The van der Waals surface area contributed by atoms with Crippen molar-refractivity contribution in [3.05, 3.63) is 39.9 Å². The van der Waals surface area contributed by atoms with E-state index in [2.05, 4.69) is 30.1 Å². The van der Waals surface area contributed by atoms with Gasteiger partial charge in [-0.3, -0.25) is 14.0 Å². The summed E-state index contributed by atoms with van der Waals surface area (Å²) in [6.07, 6.45) is 4.01. The number of amides is 1. The molecule has 1 atom stereocenters. The number of hydrogen-bond acceptors (Lipinski definition) is 7. The number of halogens is 1. The lowest BCUT2D eigenvalue weighted by Crippen LogP contribution is -2.50. The van der Waals surface area contributed by atoms with Gasteiger partial charge >= 0.3 is 6.09 Å². The average molecular weight is 642 g/mol. The summed E-state index contributed by atoms with van der Waals surface area (Å²) in [7, 11) is 2.30. The molecule has 11 nitrogen and oxygen atoms in total. The smallest absolute Gasteiger partial charge is 0.408 e. The molecule has 4 aromatic rings. The van der Waals surface area contributed by atoms with Gasteiger partial charge < -0.3 is 24.3 Å². The fraction of sp³-hybridized carbons (Fsp3) is 0.548. The first kappa shape index (κ1) is 32.1. The molecular formula is C31H44ClN7O4Si. The van der Waals surface area contributed by atoms with Crippen LogP contribution in [0.3, 0.4) is 0 Å². The number of alkyl carbamates (subject to hydrolysis) is 1. The molecule has 44 heavy (non-hydrogen) atoms. The predicted molar refractivity (Wildman–Crippen MR) is 178 cm³/mol. The summed E-state index contributed by atoms with van der Waals surface area (Å²) < 4.78 is 16.8. The third-order valence-electron chi connectivity index (χ3n) is 7.89. The number of fused-ring (bicyclic) bond motifs is 2. The molecule has 1 saturated heterocycles. The standard InChI is InChI=1S/C31H44ClN7O4Si/c1-30(2,3)43-29(41)34-31(4)12-13-38(18-31)28-33-26-24(27(40)37(28)6)21(17-39(26)19-42-14-15-44(7,8)9)20-10-11-23-22(25(20)32)16-36(5)35-23/h10-11,16-17H,12-15,18-19H2,1-9H3,(H,34,41)/t31-/m1/s1. The van der Waals surface area contributed by atoms with Crippen molar-refractivity contribution < 1.29 is 14.3 Å². The number of ether oxygens (including phenoxy) is 2. The Morgan fingerprint density at radius 3 is 2.57 bits per heavy atom. The second-order valence-corrected chi connectivity index (χ2v) is 20.4. The van der Waals surface area contributed by atoms with E-state index in [9.17, 15) is 9.59 Å². The van der Waals surface area contributed by atoms with Crippen molar-refractivity contribution in [2.24, 2.45) is 14.1 Å². The Morgan fingerprint density at radius 1 is 1.16 bits per heavy atom. The molecule has 0 unspecified atom stereocenters. The summed E-state index contributed by atoms with van der Waals surface area (Å²) in [5.41, 5.74) is 1.42. The minimum Gasteiger partial charge on any atom is -0.444 e. The second-order valence-electron chi connectivity index (χ2n) is 14.4. The zero-order valence-corrected chi connectivity index (χ0v) is 29.0. The van der Waals surface area contributed by atoms with Gasteiger partial charge in [-0.2, -0.15) is 10.1 Å².